The van der Waals surface area contributed by atoms with Gasteiger partial charge in [0.2, 0.25) is 0 Å². The molecule has 3 rings (SSSR count). The normalized spacial score (nSPS) is 15.6. The van der Waals surface area contributed by atoms with E-state index in [9.17, 15) is 14.4 Å². The number of benzene rings is 1. The second kappa shape index (κ2) is 5.76. The van der Waals surface area contributed by atoms with E-state index in [-0.39, 0.29) is 11.5 Å². The Balaban J connectivity index is 1.89. The molecule has 0 fully saturated rings. The van der Waals surface area contributed by atoms with Gasteiger partial charge in [0.15, 0.2) is 0 Å². The summed E-state index contributed by atoms with van der Waals surface area (Å²) in [6, 6.07) is 7.48. The number of nitrogens with one attached hydrogen (secondary N) is 1. The maximum absolute atomic E-state index is 12.9. The fraction of sp³-hybridized carbons (Fsp3) is 0.294. The van der Waals surface area contributed by atoms with E-state index < -0.39 is 5.82 Å². The van der Waals surface area contributed by atoms with Crippen LogP contribution in [0.3, 0.4) is 0 Å². The summed E-state index contributed by atoms with van der Waals surface area (Å²) in [5, 5.41) is 12.8. The number of thiophene rings is 1. The molecule has 0 unspecified atom stereocenters. The van der Waals surface area contributed by atoms with Crippen molar-refractivity contribution in [3.63, 3.8) is 0 Å². The Labute approximate surface area is 137 Å². The second-order valence-electron chi connectivity index (χ2n) is 6.01. The summed E-state index contributed by atoms with van der Waals surface area (Å²) in [5.74, 6) is -0.759. The fourth-order valence-electron chi connectivity index (χ4n) is 2.54. The number of carbonyl (C=O) groups is 1. The van der Waals surface area contributed by atoms with Gasteiger partial charge in [-0.15, -0.1) is 11.3 Å². The SMILES string of the molecule is CC1(C)Cc2c(sc(NC(=O)c3ccc(F)cc3)c2C#N)CO1. The first kappa shape index (κ1) is 15.7. The number of hydrogen-bond acceptors (Lipinski definition) is 4. The zero-order valence-electron chi connectivity index (χ0n) is 12.8. The highest BCUT2D eigenvalue weighted by Gasteiger charge is 2.31. The Morgan fingerprint density at radius 1 is 1.39 bits per heavy atom. The van der Waals surface area contributed by atoms with Gasteiger partial charge >= 0.3 is 0 Å². The van der Waals surface area contributed by atoms with Crippen molar-refractivity contribution in [3.8, 4) is 6.07 Å². The number of rotatable bonds is 2. The average Bonchev–Trinajstić information content (AvgIpc) is 2.83. The zero-order chi connectivity index (χ0) is 16.6. The van der Waals surface area contributed by atoms with Crippen molar-refractivity contribution in [3.05, 3.63) is 51.7 Å². The van der Waals surface area contributed by atoms with Crippen LogP contribution in [0.1, 0.15) is 40.2 Å². The quantitative estimate of drug-likeness (QED) is 0.909. The predicted octanol–water partition coefficient (Wildman–Crippen LogP) is 3.86. The Hall–Kier alpha value is -2.23. The van der Waals surface area contributed by atoms with Gasteiger partial charge in [0.05, 0.1) is 17.8 Å². The van der Waals surface area contributed by atoms with Crippen molar-refractivity contribution in [1.29, 1.82) is 5.26 Å². The van der Waals surface area contributed by atoms with Gasteiger partial charge in [-0.1, -0.05) is 0 Å². The molecule has 118 valence electrons. The molecule has 1 N–H and O–H groups in total. The van der Waals surface area contributed by atoms with E-state index in [1.807, 2.05) is 13.8 Å². The monoisotopic (exact) mass is 330 g/mol. The van der Waals surface area contributed by atoms with Crippen LogP contribution >= 0.6 is 11.3 Å². The first-order valence-corrected chi connectivity index (χ1v) is 7.97. The van der Waals surface area contributed by atoms with Gasteiger partial charge in [0.1, 0.15) is 16.9 Å². The summed E-state index contributed by atoms with van der Waals surface area (Å²) in [6.45, 7) is 4.39. The molecule has 1 aromatic heterocycles. The number of carbonyl (C=O) groups excluding carboxylic acids is 1. The Morgan fingerprint density at radius 3 is 2.74 bits per heavy atom. The van der Waals surface area contributed by atoms with E-state index in [1.165, 1.54) is 35.6 Å². The summed E-state index contributed by atoms with van der Waals surface area (Å²) in [5.41, 5.74) is 1.47. The number of ether oxygens (including phenoxy) is 1. The molecule has 2 heterocycles. The largest absolute Gasteiger partial charge is 0.370 e. The first-order chi connectivity index (χ1) is 10.9. The van der Waals surface area contributed by atoms with Crippen LogP contribution in [0.4, 0.5) is 9.39 Å². The highest BCUT2D eigenvalue weighted by Crippen LogP contribution is 2.40. The van der Waals surface area contributed by atoms with Crippen molar-refractivity contribution >= 4 is 22.2 Å². The lowest BCUT2D eigenvalue weighted by Crippen LogP contribution is -2.31. The molecule has 0 saturated carbocycles. The molecule has 1 aromatic carbocycles. The van der Waals surface area contributed by atoms with E-state index in [1.54, 1.807) is 0 Å². The number of halogens is 1. The third-order valence-corrected chi connectivity index (χ3v) is 4.85. The zero-order valence-corrected chi connectivity index (χ0v) is 13.6. The van der Waals surface area contributed by atoms with E-state index in [4.69, 9.17) is 4.74 Å². The minimum absolute atomic E-state index is 0.322. The molecule has 0 aliphatic carbocycles. The molecule has 0 spiro atoms. The van der Waals surface area contributed by atoms with Crippen molar-refractivity contribution in [2.24, 2.45) is 0 Å². The number of hydrogen-bond donors (Lipinski definition) is 1. The van der Waals surface area contributed by atoms with Crippen molar-refractivity contribution in [2.75, 3.05) is 5.32 Å². The third-order valence-electron chi connectivity index (χ3n) is 3.73. The van der Waals surface area contributed by atoms with Gasteiger partial charge < -0.3 is 10.1 Å². The molecule has 1 amide bonds. The topological polar surface area (TPSA) is 62.1 Å². The molecule has 23 heavy (non-hydrogen) atoms. The van der Waals surface area contributed by atoms with Crippen LogP contribution in [0.25, 0.3) is 0 Å². The summed E-state index contributed by atoms with van der Waals surface area (Å²) < 4.78 is 18.7. The molecule has 6 heteroatoms. The van der Waals surface area contributed by atoms with Crippen LogP contribution in [0.5, 0.6) is 0 Å². The number of fused-ring (bicyclic) bond motifs is 1. The number of nitriles is 1. The lowest BCUT2D eigenvalue weighted by Gasteiger charge is -2.29. The third kappa shape index (κ3) is 3.11. The van der Waals surface area contributed by atoms with Crippen LogP contribution in [0.15, 0.2) is 24.3 Å². The summed E-state index contributed by atoms with van der Waals surface area (Å²) in [7, 11) is 0. The van der Waals surface area contributed by atoms with Crippen LogP contribution in [0, 0.1) is 17.1 Å². The lowest BCUT2D eigenvalue weighted by atomic mass is 9.93. The van der Waals surface area contributed by atoms with Gasteiger partial charge in [-0.05, 0) is 43.7 Å². The van der Waals surface area contributed by atoms with Gasteiger partial charge in [0.25, 0.3) is 5.91 Å². The second-order valence-corrected chi connectivity index (χ2v) is 7.11. The Bertz CT molecular complexity index is 803. The standard InChI is InChI=1S/C17H15FN2O2S/c1-17(2)7-12-13(8-19)16(23-14(12)9-22-17)20-15(21)10-3-5-11(18)6-4-10/h3-6H,7,9H2,1-2H3,(H,20,21). The van der Waals surface area contributed by atoms with Gasteiger partial charge in [-0.25, -0.2) is 4.39 Å². The van der Waals surface area contributed by atoms with Crippen molar-refractivity contribution < 1.29 is 13.9 Å². The highest BCUT2D eigenvalue weighted by atomic mass is 32.1. The predicted molar refractivity (Wildman–Crippen MR) is 86.0 cm³/mol. The van der Waals surface area contributed by atoms with Crippen LogP contribution in [0.2, 0.25) is 0 Å². The Morgan fingerprint density at radius 2 is 2.09 bits per heavy atom. The van der Waals surface area contributed by atoms with E-state index in [0.717, 1.165) is 10.4 Å². The number of anilines is 1. The van der Waals surface area contributed by atoms with E-state index >= 15 is 0 Å². The minimum atomic E-state index is -0.398. The van der Waals surface area contributed by atoms with Crippen molar-refractivity contribution in [2.45, 2.75) is 32.5 Å². The van der Waals surface area contributed by atoms with Crippen LogP contribution < -0.4 is 5.32 Å². The van der Waals surface area contributed by atoms with Gasteiger partial charge in [-0.2, -0.15) is 5.26 Å². The lowest BCUT2D eigenvalue weighted by molar-refractivity contribution is -0.0383. The molecular weight excluding hydrogens is 315 g/mol. The summed E-state index contributed by atoms with van der Waals surface area (Å²) in [4.78, 5) is 13.2. The van der Waals surface area contributed by atoms with Gasteiger partial charge in [0, 0.05) is 16.9 Å². The van der Waals surface area contributed by atoms with Crippen LogP contribution in [-0.2, 0) is 17.8 Å². The smallest absolute Gasteiger partial charge is 0.256 e. The van der Waals surface area contributed by atoms with Crippen LogP contribution in [-0.4, -0.2) is 11.5 Å². The molecule has 0 saturated heterocycles. The minimum Gasteiger partial charge on any atom is -0.370 e. The van der Waals surface area contributed by atoms with Crippen molar-refractivity contribution in [1.82, 2.24) is 0 Å². The number of nitrogens with zero attached hydrogens (tertiary/aromatic N) is 1. The highest BCUT2D eigenvalue weighted by molar-refractivity contribution is 7.16. The maximum atomic E-state index is 12.9. The number of amides is 1. The molecule has 0 atom stereocenters. The molecule has 0 bridgehead atoms. The molecule has 1 aliphatic rings. The molecule has 2 aromatic rings. The maximum Gasteiger partial charge on any atom is 0.256 e. The molecule has 0 radical (unpaired) electrons. The molecule has 4 nitrogen and oxygen atoms in total. The molecular formula is C17H15FN2O2S. The summed E-state index contributed by atoms with van der Waals surface area (Å²) in [6.07, 6.45) is 0.633. The summed E-state index contributed by atoms with van der Waals surface area (Å²) >= 11 is 1.36. The fourth-order valence-corrected chi connectivity index (χ4v) is 3.61. The molecule has 1 aliphatic heterocycles. The average molecular weight is 330 g/mol. The van der Waals surface area contributed by atoms with E-state index in [2.05, 4.69) is 11.4 Å². The first-order valence-electron chi connectivity index (χ1n) is 7.15. The van der Waals surface area contributed by atoms with E-state index in [0.29, 0.717) is 29.2 Å². The van der Waals surface area contributed by atoms with Gasteiger partial charge in [-0.3, -0.25) is 4.79 Å². The Kier molecular flexibility index (Phi) is 3.92.